The minimum atomic E-state index is -3.98. The minimum Gasteiger partial charge on any atom is -0.330 e. The van der Waals surface area contributed by atoms with E-state index in [2.05, 4.69) is 35.5 Å². The van der Waals surface area contributed by atoms with Gasteiger partial charge in [-0.15, -0.1) is 11.3 Å². The van der Waals surface area contributed by atoms with E-state index in [1.54, 1.807) is 29.7 Å². The number of carbonyl (C=O) groups excluding carboxylic acids is 1. The highest BCUT2D eigenvalue weighted by Gasteiger charge is 2.39. The van der Waals surface area contributed by atoms with Gasteiger partial charge in [-0.05, 0) is 66.5 Å². The van der Waals surface area contributed by atoms with Gasteiger partial charge in [0.1, 0.15) is 4.90 Å². The number of fused-ring (bicyclic) bond motifs is 2. The lowest BCUT2D eigenvalue weighted by Crippen LogP contribution is -2.50. The third kappa shape index (κ3) is 4.90. The number of sulfonamides is 1. The van der Waals surface area contributed by atoms with Crippen LogP contribution in [0.15, 0.2) is 77.1 Å². The summed E-state index contributed by atoms with van der Waals surface area (Å²) >= 11 is 1.73. The van der Waals surface area contributed by atoms with Crippen molar-refractivity contribution in [1.29, 1.82) is 0 Å². The van der Waals surface area contributed by atoms with Gasteiger partial charge in [-0.2, -0.15) is 4.31 Å². The summed E-state index contributed by atoms with van der Waals surface area (Å²) in [5, 5.41) is 2.87. The Morgan fingerprint density at radius 1 is 1.00 bits per heavy atom. The zero-order valence-corrected chi connectivity index (χ0v) is 23.8. The molecule has 1 atom stereocenters. The fourth-order valence-corrected chi connectivity index (χ4v) is 8.93. The Kier molecular flexibility index (Phi) is 7.27. The van der Waals surface area contributed by atoms with Gasteiger partial charge in [0.15, 0.2) is 0 Å². The predicted octanol–water partition coefficient (Wildman–Crippen LogP) is 6.10. The zero-order chi connectivity index (χ0) is 27.0. The molecule has 2 aliphatic rings. The number of nitrogens with zero attached hydrogens (tertiary/aromatic N) is 3. The number of amides is 1. The molecule has 1 aliphatic heterocycles. The van der Waals surface area contributed by atoms with Gasteiger partial charge in [0.05, 0.1) is 18.1 Å². The van der Waals surface area contributed by atoms with E-state index in [1.807, 2.05) is 35.2 Å². The van der Waals surface area contributed by atoms with Crippen LogP contribution in [-0.2, 0) is 21.2 Å². The van der Waals surface area contributed by atoms with Crippen LogP contribution in [0.1, 0.15) is 59.7 Å². The van der Waals surface area contributed by atoms with E-state index in [9.17, 15) is 13.2 Å². The number of carbonyl (C=O) groups is 1. The number of rotatable bonds is 6. The summed E-state index contributed by atoms with van der Waals surface area (Å²) in [7, 11) is -3.98. The lowest BCUT2D eigenvalue weighted by Gasteiger charge is -2.39. The SMILES string of the molecule is Cc1ccccc1C1c2ccsc2CCN1C(=O)CN(C1CCCCC1)S(=O)(=O)c1cccc2cccnc12. The van der Waals surface area contributed by atoms with Gasteiger partial charge in [0.2, 0.25) is 15.9 Å². The monoisotopic (exact) mass is 559 g/mol. The number of pyridine rings is 1. The Hall–Kier alpha value is -3.07. The molecule has 1 aliphatic carbocycles. The van der Waals surface area contributed by atoms with Crippen LogP contribution in [-0.4, -0.2) is 47.6 Å². The van der Waals surface area contributed by atoms with Gasteiger partial charge in [-0.1, -0.05) is 61.7 Å². The molecule has 0 radical (unpaired) electrons. The summed E-state index contributed by atoms with van der Waals surface area (Å²) in [6.07, 6.45) is 6.96. The van der Waals surface area contributed by atoms with E-state index in [1.165, 1.54) is 9.18 Å². The average Bonchev–Trinajstić information content (AvgIpc) is 3.45. The van der Waals surface area contributed by atoms with Gasteiger partial charge < -0.3 is 4.90 Å². The Morgan fingerprint density at radius 3 is 2.62 bits per heavy atom. The van der Waals surface area contributed by atoms with Crippen LogP contribution in [0, 0.1) is 6.92 Å². The molecular formula is C31H33N3O3S2. The summed E-state index contributed by atoms with van der Waals surface area (Å²) in [6, 6.07) is 18.8. The van der Waals surface area contributed by atoms with Crippen molar-refractivity contribution in [3.05, 3.63) is 93.8 Å². The fraction of sp³-hybridized carbons (Fsp3) is 0.355. The number of aryl methyl sites for hydroxylation is 1. The van der Waals surface area contributed by atoms with Crippen LogP contribution >= 0.6 is 11.3 Å². The summed E-state index contributed by atoms with van der Waals surface area (Å²) in [6.45, 7) is 2.47. The number of thiophene rings is 1. The van der Waals surface area contributed by atoms with Crippen LogP contribution in [0.3, 0.4) is 0 Å². The van der Waals surface area contributed by atoms with Crippen LogP contribution in [0.2, 0.25) is 0 Å². The number of para-hydroxylation sites is 1. The minimum absolute atomic E-state index is 0.151. The molecule has 1 unspecified atom stereocenters. The molecule has 1 fully saturated rings. The molecule has 0 spiro atoms. The smallest absolute Gasteiger partial charge is 0.245 e. The predicted molar refractivity (Wildman–Crippen MR) is 155 cm³/mol. The molecular weight excluding hydrogens is 526 g/mol. The molecule has 6 rings (SSSR count). The van der Waals surface area contributed by atoms with Crippen molar-refractivity contribution >= 4 is 38.2 Å². The topological polar surface area (TPSA) is 70.6 Å². The second-order valence-corrected chi connectivity index (χ2v) is 13.4. The first-order valence-electron chi connectivity index (χ1n) is 13.7. The molecule has 2 aromatic carbocycles. The van der Waals surface area contributed by atoms with Gasteiger partial charge in [-0.3, -0.25) is 9.78 Å². The Labute approximate surface area is 234 Å². The highest BCUT2D eigenvalue weighted by Crippen LogP contribution is 2.39. The molecule has 0 bridgehead atoms. The standard InChI is InChI=1S/C31H33N3O3S2/c1-22-9-5-6-14-25(22)31-26-17-20-38-27(26)16-19-33(31)29(35)21-34(24-12-3-2-4-13-24)39(36,37)28-15-7-10-23-11-8-18-32-30(23)28/h5-11,14-15,17-18,20,24,31H,2-4,12-13,16,19,21H2,1H3. The molecule has 8 heteroatoms. The summed E-state index contributed by atoms with van der Waals surface area (Å²) in [5.74, 6) is -0.151. The molecule has 39 heavy (non-hydrogen) atoms. The molecule has 202 valence electrons. The first kappa shape index (κ1) is 26.2. The maximum atomic E-state index is 14.3. The first-order chi connectivity index (χ1) is 18.9. The molecule has 6 nitrogen and oxygen atoms in total. The molecule has 2 aromatic heterocycles. The first-order valence-corrected chi connectivity index (χ1v) is 16.0. The Bertz CT molecular complexity index is 1600. The van der Waals surface area contributed by atoms with Gasteiger partial charge >= 0.3 is 0 Å². The third-order valence-electron chi connectivity index (χ3n) is 8.22. The van der Waals surface area contributed by atoms with Crippen molar-refractivity contribution in [3.63, 3.8) is 0 Å². The van der Waals surface area contributed by atoms with Crippen molar-refractivity contribution in [1.82, 2.24) is 14.2 Å². The number of hydrogen-bond acceptors (Lipinski definition) is 5. The number of benzene rings is 2. The maximum absolute atomic E-state index is 14.3. The number of aromatic nitrogens is 1. The molecule has 4 aromatic rings. The van der Waals surface area contributed by atoms with E-state index in [-0.39, 0.29) is 29.4 Å². The molecule has 0 saturated heterocycles. The summed E-state index contributed by atoms with van der Waals surface area (Å²) in [5.41, 5.74) is 3.82. The largest absolute Gasteiger partial charge is 0.330 e. The second-order valence-electron chi connectivity index (χ2n) is 10.6. The van der Waals surface area contributed by atoms with Crippen LogP contribution in [0.5, 0.6) is 0 Å². The Morgan fingerprint density at radius 2 is 1.79 bits per heavy atom. The van der Waals surface area contributed by atoms with Crippen molar-refractivity contribution < 1.29 is 13.2 Å². The Balaban J connectivity index is 1.39. The molecule has 0 N–H and O–H groups in total. The van der Waals surface area contributed by atoms with E-state index >= 15 is 0 Å². The van der Waals surface area contributed by atoms with Crippen LogP contribution < -0.4 is 0 Å². The van der Waals surface area contributed by atoms with Gasteiger partial charge in [0, 0.05) is 29.0 Å². The summed E-state index contributed by atoms with van der Waals surface area (Å²) in [4.78, 5) is 22.0. The van der Waals surface area contributed by atoms with E-state index in [4.69, 9.17) is 0 Å². The number of hydrogen-bond donors (Lipinski definition) is 0. The highest BCUT2D eigenvalue weighted by atomic mass is 32.2. The normalized spacial score (nSPS) is 18.4. The average molecular weight is 560 g/mol. The van der Waals surface area contributed by atoms with Crippen molar-refractivity contribution in [2.24, 2.45) is 0 Å². The molecule has 3 heterocycles. The lowest BCUT2D eigenvalue weighted by molar-refractivity contribution is -0.134. The van der Waals surface area contributed by atoms with Crippen LogP contribution in [0.25, 0.3) is 10.9 Å². The van der Waals surface area contributed by atoms with Crippen LogP contribution in [0.4, 0.5) is 0 Å². The van der Waals surface area contributed by atoms with Crippen molar-refractivity contribution in [2.75, 3.05) is 13.1 Å². The second kappa shape index (κ2) is 10.8. The third-order valence-corrected chi connectivity index (χ3v) is 11.2. The molecule has 1 saturated carbocycles. The quantitative estimate of drug-likeness (QED) is 0.286. The lowest BCUT2D eigenvalue weighted by atomic mass is 9.90. The zero-order valence-electron chi connectivity index (χ0n) is 22.1. The fourth-order valence-electron chi connectivity index (χ4n) is 6.23. The summed E-state index contributed by atoms with van der Waals surface area (Å²) < 4.78 is 30.2. The van der Waals surface area contributed by atoms with E-state index in [0.717, 1.165) is 60.6 Å². The van der Waals surface area contributed by atoms with E-state index < -0.39 is 10.0 Å². The van der Waals surface area contributed by atoms with Gasteiger partial charge in [0.25, 0.3) is 0 Å². The van der Waals surface area contributed by atoms with Crippen molar-refractivity contribution in [2.45, 2.75) is 62.4 Å². The highest BCUT2D eigenvalue weighted by molar-refractivity contribution is 7.89. The molecule has 1 amide bonds. The van der Waals surface area contributed by atoms with E-state index in [0.29, 0.717) is 12.1 Å². The maximum Gasteiger partial charge on any atom is 0.245 e. The van der Waals surface area contributed by atoms with Gasteiger partial charge in [-0.25, -0.2) is 8.42 Å². The van der Waals surface area contributed by atoms with Crippen molar-refractivity contribution in [3.8, 4) is 0 Å².